The maximum absolute atomic E-state index is 12.1. The van der Waals surface area contributed by atoms with Crippen LogP contribution in [0.5, 0.6) is 0 Å². The fraction of sp³-hybridized carbons (Fsp3) is 0.333. The number of aromatic nitrogens is 1. The summed E-state index contributed by atoms with van der Waals surface area (Å²) >= 11 is 8.13. The molecule has 0 bridgehead atoms. The lowest BCUT2D eigenvalue weighted by molar-refractivity contribution is 0.102. The summed E-state index contributed by atoms with van der Waals surface area (Å²) in [6.45, 7) is 6.09. The van der Waals surface area contributed by atoms with Crippen LogP contribution in [0.25, 0.3) is 0 Å². The van der Waals surface area contributed by atoms with E-state index >= 15 is 0 Å². The first-order valence-electron chi connectivity index (χ1n) is 5.51. The highest BCUT2D eigenvalue weighted by atomic mass is 79.9. The SMILES string of the molecule is CC(C)(C)c1cc(NC(=O)c2cc(Br)sc2Br)on1. The van der Waals surface area contributed by atoms with Gasteiger partial charge >= 0.3 is 0 Å². The van der Waals surface area contributed by atoms with Gasteiger partial charge in [-0.2, -0.15) is 0 Å². The van der Waals surface area contributed by atoms with Gasteiger partial charge in [0.25, 0.3) is 5.91 Å². The topological polar surface area (TPSA) is 55.1 Å². The predicted octanol–water partition coefficient (Wildman–Crippen LogP) is 4.81. The number of halogens is 2. The molecule has 1 N–H and O–H groups in total. The third-order valence-electron chi connectivity index (χ3n) is 2.42. The number of rotatable bonds is 2. The Balaban J connectivity index is 2.16. The van der Waals surface area contributed by atoms with Crippen LogP contribution in [0, 0.1) is 0 Å². The van der Waals surface area contributed by atoms with Gasteiger partial charge in [0.15, 0.2) is 0 Å². The molecule has 0 saturated heterocycles. The van der Waals surface area contributed by atoms with E-state index in [0.29, 0.717) is 11.4 Å². The highest BCUT2D eigenvalue weighted by Crippen LogP contribution is 2.32. The zero-order valence-electron chi connectivity index (χ0n) is 10.6. The summed E-state index contributed by atoms with van der Waals surface area (Å²) in [5.41, 5.74) is 1.25. The molecule has 0 aromatic carbocycles. The summed E-state index contributed by atoms with van der Waals surface area (Å²) in [5.74, 6) is 0.120. The number of amides is 1. The average molecular weight is 408 g/mol. The quantitative estimate of drug-likeness (QED) is 0.776. The largest absolute Gasteiger partial charge is 0.338 e. The van der Waals surface area contributed by atoms with Crippen LogP contribution >= 0.6 is 43.2 Å². The molecule has 4 nitrogen and oxygen atoms in total. The van der Waals surface area contributed by atoms with Gasteiger partial charge in [0, 0.05) is 11.5 Å². The van der Waals surface area contributed by atoms with Crippen molar-refractivity contribution in [1.29, 1.82) is 0 Å². The van der Waals surface area contributed by atoms with Gasteiger partial charge in [0.2, 0.25) is 5.88 Å². The van der Waals surface area contributed by atoms with Crippen LogP contribution in [0.1, 0.15) is 36.8 Å². The third kappa shape index (κ3) is 3.46. The van der Waals surface area contributed by atoms with E-state index < -0.39 is 0 Å². The van der Waals surface area contributed by atoms with Crippen molar-refractivity contribution in [3.05, 3.63) is 31.0 Å². The predicted molar refractivity (Wildman–Crippen MR) is 82.9 cm³/mol. The normalized spacial score (nSPS) is 11.6. The summed E-state index contributed by atoms with van der Waals surface area (Å²) in [7, 11) is 0. The maximum Gasteiger partial charge on any atom is 0.260 e. The summed E-state index contributed by atoms with van der Waals surface area (Å²) in [6.07, 6.45) is 0. The van der Waals surface area contributed by atoms with E-state index in [2.05, 4.69) is 42.3 Å². The maximum atomic E-state index is 12.1. The van der Waals surface area contributed by atoms with Crippen molar-refractivity contribution in [1.82, 2.24) is 5.16 Å². The molecule has 19 heavy (non-hydrogen) atoms. The van der Waals surface area contributed by atoms with Crippen molar-refractivity contribution in [2.24, 2.45) is 0 Å². The minimum absolute atomic E-state index is 0.113. The van der Waals surface area contributed by atoms with Crippen molar-refractivity contribution in [3.63, 3.8) is 0 Å². The zero-order chi connectivity index (χ0) is 14.2. The van der Waals surface area contributed by atoms with Crippen LogP contribution in [0.15, 0.2) is 24.2 Å². The van der Waals surface area contributed by atoms with Crippen molar-refractivity contribution in [2.45, 2.75) is 26.2 Å². The van der Waals surface area contributed by atoms with E-state index in [0.717, 1.165) is 13.3 Å². The van der Waals surface area contributed by atoms with Crippen LogP contribution in [-0.2, 0) is 5.41 Å². The summed E-state index contributed by atoms with van der Waals surface area (Å²) < 4.78 is 6.78. The summed E-state index contributed by atoms with van der Waals surface area (Å²) in [5, 5.41) is 6.65. The molecule has 0 spiro atoms. The van der Waals surface area contributed by atoms with Gasteiger partial charge in [-0.05, 0) is 37.9 Å². The van der Waals surface area contributed by atoms with Crippen molar-refractivity contribution >= 4 is 55.0 Å². The number of carbonyl (C=O) groups is 1. The van der Waals surface area contributed by atoms with E-state index in [1.807, 2.05) is 20.8 Å². The number of hydrogen-bond acceptors (Lipinski definition) is 4. The van der Waals surface area contributed by atoms with Crippen LogP contribution < -0.4 is 5.32 Å². The lowest BCUT2D eigenvalue weighted by Gasteiger charge is -2.12. The van der Waals surface area contributed by atoms with Gasteiger partial charge in [0.05, 0.1) is 18.8 Å². The van der Waals surface area contributed by atoms with Gasteiger partial charge in [0.1, 0.15) is 0 Å². The van der Waals surface area contributed by atoms with E-state index in [1.54, 1.807) is 12.1 Å². The van der Waals surface area contributed by atoms with Gasteiger partial charge in [-0.3, -0.25) is 10.1 Å². The molecular formula is C12H12Br2N2O2S. The zero-order valence-corrected chi connectivity index (χ0v) is 14.6. The van der Waals surface area contributed by atoms with E-state index in [4.69, 9.17) is 4.52 Å². The first-order chi connectivity index (χ1) is 8.77. The molecule has 2 aromatic heterocycles. The molecule has 0 fully saturated rings. The molecule has 2 heterocycles. The van der Waals surface area contributed by atoms with Crippen LogP contribution in [0.2, 0.25) is 0 Å². The van der Waals surface area contributed by atoms with E-state index in [-0.39, 0.29) is 11.3 Å². The molecule has 0 unspecified atom stereocenters. The van der Waals surface area contributed by atoms with Gasteiger partial charge in [-0.25, -0.2) is 0 Å². The molecular weight excluding hydrogens is 396 g/mol. The molecule has 2 aromatic rings. The van der Waals surface area contributed by atoms with Crippen LogP contribution in [0.4, 0.5) is 5.88 Å². The first-order valence-corrected chi connectivity index (χ1v) is 7.91. The molecule has 0 aliphatic rings. The molecule has 0 radical (unpaired) electrons. The smallest absolute Gasteiger partial charge is 0.260 e. The number of nitrogens with zero attached hydrogens (tertiary/aromatic N) is 1. The lowest BCUT2D eigenvalue weighted by Crippen LogP contribution is -2.12. The molecule has 1 amide bonds. The standard InChI is InChI=1S/C12H12Br2N2O2S/c1-12(2,3)7-5-9(18-16-7)15-11(17)6-4-8(13)19-10(6)14/h4-5H,1-3H3,(H,15,17). The number of anilines is 1. The van der Waals surface area contributed by atoms with Crippen LogP contribution in [0.3, 0.4) is 0 Å². The second-order valence-electron chi connectivity index (χ2n) is 5.02. The van der Waals surface area contributed by atoms with Gasteiger partial charge in [-0.1, -0.05) is 25.9 Å². The Morgan fingerprint density at radius 3 is 2.53 bits per heavy atom. The minimum Gasteiger partial charge on any atom is -0.338 e. The van der Waals surface area contributed by atoms with E-state index in [9.17, 15) is 4.79 Å². The molecule has 0 saturated carbocycles. The first kappa shape index (κ1) is 14.7. The molecule has 0 atom stereocenters. The highest BCUT2D eigenvalue weighted by molar-refractivity contribution is 9.12. The van der Waals surface area contributed by atoms with Gasteiger partial charge in [-0.15, -0.1) is 11.3 Å². The van der Waals surface area contributed by atoms with Crippen LogP contribution in [-0.4, -0.2) is 11.1 Å². The molecule has 102 valence electrons. The molecule has 7 heteroatoms. The number of carbonyl (C=O) groups excluding carboxylic acids is 1. The van der Waals surface area contributed by atoms with Crippen molar-refractivity contribution in [2.75, 3.05) is 5.32 Å². The third-order valence-corrected chi connectivity index (χ3v) is 4.76. The Morgan fingerprint density at radius 2 is 2.05 bits per heavy atom. The second kappa shape index (κ2) is 5.38. The Labute approximate surface area is 131 Å². The Kier molecular flexibility index (Phi) is 4.17. The number of nitrogens with one attached hydrogen (secondary N) is 1. The molecule has 0 aliphatic carbocycles. The van der Waals surface area contributed by atoms with Crippen molar-refractivity contribution in [3.8, 4) is 0 Å². The second-order valence-corrected chi connectivity index (χ2v) is 8.77. The van der Waals surface area contributed by atoms with E-state index in [1.165, 1.54) is 11.3 Å². The molecule has 2 rings (SSSR count). The summed E-state index contributed by atoms with van der Waals surface area (Å²) in [6, 6.07) is 3.50. The fourth-order valence-corrected chi connectivity index (χ4v) is 4.16. The fourth-order valence-electron chi connectivity index (χ4n) is 1.36. The Bertz CT molecular complexity index is 614. The monoisotopic (exact) mass is 406 g/mol. The number of hydrogen-bond donors (Lipinski definition) is 1. The Hall–Kier alpha value is -0.660. The minimum atomic E-state index is -0.231. The summed E-state index contributed by atoms with van der Waals surface area (Å²) in [4.78, 5) is 12.1. The van der Waals surface area contributed by atoms with Crippen molar-refractivity contribution < 1.29 is 9.32 Å². The number of thiophene rings is 1. The van der Waals surface area contributed by atoms with Gasteiger partial charge < -0.3 is 4.52 Å². The Morgan fingerprint density at radius 1 is 1.37 bits per heavy atom. The lowest BCUT2D eigenvalue weighted by atomic mass is 9.92. The average Bonchev–Trinajstić information content (AvgIpc) is 2.84. The highest BCUT2D eigenvalue weighted by Gasteiger charge is 2.21. The molecule has 0 aliphatic heterocycles.